The first-order valence-electron chi connectivity index (χ1n) is 7.17. The average molecular weight is 279 g/mol. The van der Waals surface area contributed by atoms with E-state index in [-0.39, 0.29) is 24.5 Å². The third-order valence-corrected chi connectivity index (χ3v) is 4.47. The molecule has 1 saturated heterocycles. The number of hydrogen-bond acceptors (Lipinski definition) is 4. The van der Waals surface area contributed by atoms with E-state index in [4.69, 9.17) is 0 Å². The number of carbonyl (C=O) groups excluding carboxylic acids is 1. The Morgan fingerprint density at radius 3 is 2.75 bits per heavy atom. The molecule has 1 aliphatic heterocycles. The van der Waals surface area contributed by atoms with Gasteiger partial charge in [-0.2, -0.15) is 5.10 Å². The number of nitrogens with zero attached hydrogens (tertiary/aromatic N) is 3. The highest BCUT2D eigenvalue weighted by atomic mass is 16.3. The Kier molecular flexibility index (Phi) is 3.30. The van der Waals surface area contributed by atoms with Gasteiger partial charge in [-0.1, -0.05) is 0 Å². The Balaban J connectivity index is 1.69. The van der Waals surface area contributed by atoms with E-state index in [1.165, 1.54) is 0 Å². The number of aliphatic hydroxyl groups is 2. The lowest BCUT2D eigenvalue weighted by Crippen LogP contribution is -2.54. The number of hydrogen-bond donors (Lipinski definition) is 2. The van der Waals surface area contributed by atoms with E-state index in [9.17, 15) is 15.0 Å². The van der Waals surface area contributed by atoms with Crippen LogP contribution in [0.5, 0.6) is 0 Å². The van der Waals surface area contributed by atoms with Crippen molar-refractivity contribution in [2.24, 2.45) is 5.41 Å². The van der Waals surface area contributed by atoms with E-state index >= 15 is 0 Å². The van der Waals surface area contributed by atoms with Gasteiger partial charge in [0.05, 0.1) is 25.1 Å². The zero-order valence-electron chi connectivity index (χ0n) is 11.5. The lowest BCUT2D eigenvalue weighted by Gasteiger charge is -2.39. The molecule has 1 atom stereocenters. The van der Waals surface area contributed by atoms with Gasteiger partial charge in [-0.05, 0) is 31.7 Å². The summed E-state index contributed by atoms with van der Waals surface area (Å²) in [6, 6.07) is 1.85. The lowest BCUT2D eigenvalue weighted by molar-refractivity contribution is -0.147. The highest BCUT2D eigenvalue weighted by molar-refractivity contribution is 5.85. The van der Waals surface area contributed by atoms with Crippen molar-refractivity contribution in [1.29, 1.82) is 0 Å². The molecule has 110 valence electrons. The third kappa shape index (κ3) is 2.45. The summed E-state index contributed by atoms with van der Waals surface area (Å²) in [7, 11) is 0. The van der Waals surface area contributed by atoms with Crippen molar-refractivity contribution in [3.05, 3.63) is 18.5 Å². The second kappa shape index (κ2) is 4.86. The molecule has 2 aliphatic rings. The number of carbonyl (C=O) groups is 1. The van der Waals surface area contributed by atoms with Crippen LogP contribution < -0.4 is 0 Å². The maximum Gasteiger partial charge on any atom is 0.230 e. The predicted molar refractivity (Wildman–Crippen MR) is 71.7 cm³/mol. The Hall–Kier alpha value is -1.40. The zero-order chi connectivity index (χ0) is 14.2. The molecule has 6 heteroatoms. The fourth-order valence-corrected chi connectivity index (χ4v) is 3.04. The first-order chi connectivity index (χ1) is 9.57. The van der Waals surface area contributed by atoms with Crippen LogP contribution in [0.25, 0.3) is 0 Å². The number of piperidine rings is 1. The molecular formula is C14H21N3O3. The summed E-state index contributed by atoms with van der Waals surface area (Å²) in [5.74, 6) is 0.0968. The minimum absolute atomic E-state index is 0.0968. The SMILES string of the molecule is O=C(N1CCCC(O)(CO)C1)C1(Cn2cccn2)CC1. The molecule has 0 aromatic carbocycles. The first-order valence-corrected chi connectivity index (χ1v) is 7.17. The van der Waals surface area contributed by atoms with Gasteiger partial charge in [0.1, 0.15) is 5.60 Å². The molecular weight excluding hydrogens is 258 g/mol. The molecule has 0 bridgehead atoms. The van der Waals surface area contributed by atoms with E-state index in [0.29, 0.717) is 19.5 Å². The van der Waals surface area contributed by atoms with Crippen molar-refractivity contribution in [1.82, 2.24) is 14.7 Å². The molecule has 6 nitrogen and oxygen atoms in total. The van der Waals surface area contributed by atoms with Crippen LogP contribution in [-0.2, 0) is 11.3 Å². The molecule has 1 aliphatic carbocycles. The highest BCUT2D eigenvalue weighted by Crippen LogP contribution is 2.49. The molecule has 0 spiro atoms. The molecule has 1 aromatic rings. The van der Waals surface area contributed by atoms with Crippen LogP contribution in [0.15, 0.2) is 18.5 Å². The van der Waals surface area contributed by atoms with E-state index in [2.05, 4.69) is 5.10 Å². The van der Waals surface area contributed by atoms with Crippen molar-refractivity contribution in [3.8, 4) is 0 Å². The van der Waals surface area contributed by atoms with E-state index in [1.54, 1.807) is 15.8 Å². The van der Waals surface area contributed by atoms with Gasteiger partial charge in [0, 0.05) is 18.9 Å². The molecule has 20 heavy (non-hydrogen) atoms. The van der Waals surface area contributed by atoms with Gasteiger partial charge < -0.3 is 15.1 Å². The van der Waals surface area contributed by atoms with Crippen molar-refractivity contribution >= 4 is 5.91 Å². The fraction of sp³-hybridized carbons (Fsp3) is 0.714. The molecule has 0 radical (unpaired) electrons. The summed E-state index contributed by atoms with van der Waals surface area (Å²) in [5, 5.41) is 23.6. The first kappa shape index (κ1) is 13.6. The summed E-state index contributed by atoms with van der Waals surface area (Å²) in [4.78, 5) is 14.4. The monoisotopic (exact) mass is 279 g/mol. The topological polar surface area (TPSA) is 78.6 Å². The average Bonchev–Trinajstić information content (AvgIpc) is 3.05. The van der Waals surface area contributed by atoms with Gasteiger partial charge in [-0.25, -0.2) is 0 Å². The lowest BCUT2D eigenvalue weighted by atomic mass is 9.92. The van der Waals surface area contributed by atoms with Crippen LogP contribution in [0.1, 0.15) is 25.7 Å². The second-order valence-corrected chi connectivity index (χ2v) is 6.20. The van der Waals surface area contributed by atoms with Crippen molar-refractivity contribution in [2.45, 2.75) is 37.8 Å². The Labute approximate surface area is 118 Å². The summed E-state index contributed by atoms with van der Waals surface area (Å²) >= 11 is 0. The molecule has 1 aromatic heterocycles. The minimum Gasteiger partial charge on any atom is -0.393 e. The molecule has 2 fully saturated rings. The number of likely N-dealkylation sites (tertiary alicyclic amines) is 1. The Morgan fingerprint density at radius 2 is 2.15 bits per heavy atom. The van der Waals surface area contributed by atoms with Crippen LogP contribution in [-0.4, -0.2) is 56.1 Å². The van der Waals surface area contributed by atoms with Gasteiger partial charge in [0.2, 0.25) is 5.91 Å². The highest BCUT2D eigenvalue weighted by Gasteiger charge is 2.53. The quantitative estimate of drug-likeness (QED) is 0.814. The van der Waals surface area contributed by atoms with Gasteiger partial charge in [0.25, 0.3) is 0 Å². The Bertz CT molecular complexity index is 484. The molecule has 2 heterocycles. The van der Waals surface area contributed by atoms with Crippen LogP contribution in [0, 0.1) is 5.41 Å². The maximum absolute atomic E-state index is 12.7. The van der Waals surface area contributed by atoms with Crippen molar-refractivity contribution < 1.29 is 15.0 Å². The van der Waals surface area contributed by atoms with Gasteiger partial charge in [-0.3, -0.25) is 9.48 Å². The van der Waals surface area contributed by atoms with Gasteiger partial charge in [-0.15, -0.1) is 0 Å². The molecule has 1 unspecified atom stereocenters. The molecule has 3 rings (SSSR count). The molecule has 1 saturated carbocycles. The largest absolute Gasteiger partial charge is 0.393 e. The van der Waals surface area contributed by atoms with E-state index < -0.39 is 5.60 Å². The predicted octanol–water partition coefficient (Wildman–Crippen LogP) is 0.00910. The third-order valence-electron chi connectivity index (χ3n) is 4.47. The molecule has 1 amide bonds. The number of aliphatic hydroxyl groups excluding tert-OH is 1. The second-order valence-electron chi connectivity index (χ2n) is 6.20. The summed E-state index contributed by atoms with van der Waals surface area (Å²) in [6.45, 7) is 1.22. The smallest absolute Gasteiger partial charge is 0.230 e. The number of aromatic nitrogens is 2. The normalized spacial score (nSPS) is 28.4. The summed E-state index contributed by atoms with van der Waals surface area (Å²) < 4.78 is 1.80. The van der Waals surface area contributed by atoms with E-state index in [1.807, 2.05) is 12.3 Å². The number of amides is 1. The zero-order valence-corrected chi connectivity index (χ0v) is 11.5. The fourth-order valence-electron chi connectivity index (χ4n) is 3.04. The van der Waals surface area contributed by atoms with Crippen LogP contribution in [0.2, 0.25) is 0 Å². The van der Waals surface area contributed by atoms with Crippen LogP contribution in [0.3, 0.4) is 0 Å². The van der Waals surface area contributed by atoms with Crippen LogP contribution >= 0.6 is 0 Å². The standard InChI is InChI=1S/C14H21N3O3/c18-11-14(20)3-1-7-16(10-14)12(19)13(4-5-13)9-17-8-2-6-15-17/h2,6,8,18,20H,1,3-5,7,9-11H2. The van der Waals surface area contributed by atoms with Crippen molar-refractivity contribution in [2.75, 3.05) is 19.7 Å². The minimum atomic E-state index is -1.13. The van der Waals surface area contributed by atoms with Gasteiger partial charge >= 0.3 is 0 Å². The van der Waals surface area contributed by atoms with Crippen molar-refractivity contribution in [3.63, 3.8) is 0 Å². The Morgan fingerprint density at radius 1 is 1.35 bits per heavy atom. The maximum atomic E-state index is 12.7. The van der Waals surface area contributed by atoms with Gasteiger partial charge in [0.15, 0.2) is 0 Å². The summed E-state index contributed by atoms with van der Waals surface area (Å²) in [6.07, 6.45) is 6.62. The summed E-state index contributed by atoms with van der Waals surface area (Å²) in [5.41, 5.74) is -1.48. The number of rotatable bonds is 4. The molecule has 2 N–H and O–H groups in total. The van der Waals surface area contributed by atoms with E-state index in [0.717, 1.165) is 19.3 Å². The van der Waals surface area contributed by atoms with Crippen LogP contribution in [0.4, 0.5) is 0 Å². The number of β-amino-alcohol motifs (C(OH)–C–C–N with tert-alkyl or cyclic N) is 1.